The number of benzene rings is 2. The quantitative estimate of drug-likeness (QED) is 0.618. The second kappa shape index (κ2) is 7.59. The minimum Gasteiger partial charge on any atom is -0.345 e. The van der Waals surface area contributed by atoms with E-state index >= 15 is 0 Å². The van der Waals surface area contributed by atoms with Crippen molar-refractivity contribution in [3.05, 3.63) is 70.7 Å². The fraction of sp³-hybridized carbons (Fsp3) is 0.118. The molecule has 0 radical (unpaired) electrons. The number of primary sulfonamides is 1. The molecular weight excluding hydrogens is 434 g/mol. The molecule has 0 aliphatic carbocycles. The number of hydrogen-bond acceptors (Lipinski definition) is 5. The molecular formula is C17H16BrN5O3S. The maximum atomic E-state index is 12.6. The Bertz CT molecular complexity index is 1070. The molecule has 3 aromatic rings. The van der Waals surface area contributed by atoms with E-state index in [1.807, 2.05) is 31.2 Å². The van der Waals surface area contributed by atoms with Gasteiger partial charge in [-0.3, -0.25) is 4.79 Å². The van der Waals surface area contributed by atoms with E-state index in [0.29, 0.717) is 4.47 Å². The monoisotopic (exact) mass is 449 g/mol. The largest absolute Gasteiger partial charge is 0.345 e. The van der Waals surface area contributed by atoms with E-state index in [1.54, 1.807) is 11.0 Å². The van der Waals surface area contributed by atoms with Crippen LogP contribution in [0.2, 0.25) is 0 Å². The van der Waals surface area contributed by atoms with E-state index in [4.69, 9.17) is 5.14 Å². The van der Waals surface area contributed by atoms with Gasteiger partial charge >= 0.3 is 0 Å². The zero-order valence-electron chi connectivity index (χ0n) is 14.2. The summed E-state index contributed by atoms with van der Waals surface area (Å²) in [5.74, 6) is -0.416. The van der Waals surface area contributed by atoms with Crippen LogP contribution in [0.5, 0.6) is 0 Å². The van der Waals surface area contributed by atoms with Crippen LogP contribution in [0.3, 0.4) is 0 Å². The molecule has 1 atom stereocenters. The van der Waals surface area contributed by atoms with Crippen LogP contribution in [0.25, 0.3) is 5.69 Å². The van der Waals surface area contributed by atoms with Gasteiger partial charge in [0, 0.05) is 4.47 Å². The number of nitrogens with two attached hydrogens (primary N) is 1. The van der Waals surface area contributed by atoms with Gasteiger partial charge in [0.2, 0.25) is 10.0 Å². The Labute approximate surface area is 164 Å². The third-order valence-corrected chi connectivity index (χ3v) is 5.54. The molecule has 8 nitrogen and oxygen atoms in total. The van der Waals surface area contributed by atoms with Gasteiger partial charge in [0.05, 0.1) is 22.2 Å². The summed E-state index contributed by atoms with van der Waals surface area (Å²) < 4.78 is 25.1. The summed E-state index contributed by atoms with van der Waals surface area (Å²) in [5.41, 5.74) is 1.91. The van der Waals surface area contributed by atoms with E-state index in [0.717, 1.165) is 11.3 Å². The maximum Gasteiger partial charge on any atom is 0.252 e. The Kier molecular flexibility index (Phi) is 5.40. The minimum atomic E-state index is -3.90. The molecule has 1 unspecified atom stereocenters. The molecule has 3 N–H and O–H groups in total. The second-order valence-electron chi connectivity index (χ2n) is 5.81. The molecule has 1 aromatic heterocycles. The van der Waals surface area contributed by atoms with Crippen LogP contribution in [0, 0.1) is 0 Å². The number of hydrogen-bond donors (Lipinski definition) is 2. The summed E-state index contributed by atoms with van der Waals surface area (Å²) in [4.78, 5) is 16.4. The van der Waals surface area contributed by atoms with Crippen LogP contribution in [-0.4, -0.2) is 29.1 Å². The van der Waals surface area contributed by atoms with Gasteiger partial charge in [-0.15, -0.1) is 0 Å². The Morgan fingerprint density at radius 2 is 1.93 bits per heavy atom. The van der Waals surface area contributed by atoms with Crippen LogP contribution in [0.1, 0.15) is 28.9 Å². The van der Waals surface area contributed by atoms with Crippen molar-refractivity contribution < 1.29 is 13.2 Å². The summed E-state index contributed by atoms with van der Waals surface area (Å²) in [6, 6.07) is 11.2. The van der Waals surface area contributed by atoms with Crippen LogP contribution in [0.15, 0.2) is 64.5 Å². The van der Waals surface area contributed by atoms with Gasteiger partial charge in [-0.25, -0.2) is 23.2 Å². The average molecular weight is 450 g/mol. The van der Waals surface area contributed by atoms with Crippen molar-refractivity contribution in [2.45, 2.75) is 17.9 Å². The van der Waals surface area contributed by atoms with Crippen LogP contribution >= 0.6 is 15.9 Å². The predicted molar refractivity (Wildman–Crippen MR) is 103 cm³/mol. The smallest absolute Gasteiger partial charge is 0.252 e. The molecule has 0 aliphatic heterocycles. The lowest BCUT2D eigenvalue weighted by Crippen LogP contribution is -2.27. The van der Waals surface area contributed by atoms with Gasteiger partial charge in [0.1, 0.15) is 12.7 Å². The summed E-state index contributed by atoms with van der Waals surface area (Å²) in [5, 5.41) is 12.0. The second-order valence-corrected chi connectivity index (χ2v) is 8.23. The van der Waals surface area contributed by atoms with Crippen molar-refractivity contribution in [2.24, 2.45) is 5.14 Å². The number of rotatable bonds is 5. The molecule has 0 aliphatic rings. The number of aromatic nitrogens is 3. The third-order valence-electron chi connectivity index (χ3n) is 3.93. The highest BCUT2D eigenvalue weighted by atomic mass is 79.9. The first-order chi connectivity index (χ1) is 12.8. The SMILES string of the molecule is CC(NC(=O)c1cc(S(N)(=O)=O)ccc1Br)c1ccc(-n2cncn2)cc1. The fourth-order valence-electron chi connectivity index (χ4n) is 2.47. The first-order valence-corrected chi connectivity index (χ1v) is 10.2. The third kappa shape index (κ3) is 4.41. The molecule has 2 aromatic carbocycles. The first-order valence-electron chi connectivity index (χ1n) is 7.84. The molecule has 0 bridgehead atoms. The molecule has 10 heteroatoms. The Hall–Kier alpha value is -2.56. The fourth-order valence-corrected chi connectivity index (χ4v) is 3.44. The Balaban J connectivity index is 1.78. The molecule has 140 valence electrons. The van der Waals surface area contributed by atoms with Gasteiger partial charge in [0.25, 0.3) is 5.91 Å². The summed E-state index contributed by atoms with van der Waals surface area (Å²) in [6.45, 7) is 1.83. The molecule has 0 fully saturated rings. The zero-order valence-corrected chi connectivity index (χ0v) is 16.6. The molecule has 1 heterocycles. The molecule has 0 saturated heterocycles. The topological polar surface area (TPSA) is 120 Å². The standard InChI is InChI=1S/C17H16BrN5O3S/c1-11(12-2-4-13(5-3-12)23-10-20-9-21-23)22-17(24)15-8-14(27(19,25)26)6-7-16(15)18/h2-11H,1H3,(H,22,24)(H2,19,25,26). The normalized spacial score (nSPS) is 12.6. The summed E-state index contributed by atoms with van der Waals surface area (Å²) in [7, 11) is -3.90. The number of amides is 1. The van der Waals surface area contributed by atoms with Crippen molar-refractivity contribution in [2.75, 3.05) is 0 Å². The zero-order chi connectivity index (χ0) is 19.6. The first kappa shape index (κ1) is 19.2. The highest BCUT2D eigenvalue weighted by Gasteiger charge is 2.17. The van der Waals surface area contributed by atoms with E-state index in [-0.39, 0.29) is 16.5 Å². The summed E-state index contributed by atoms with van der Waals surface area (Å²) in [6.07, 6.45) is 3.04. The van der Waals surface area contributed by atoms with Gasteiger partial charge in [0.15, 0.2) is 0 Å². The number of nitrogens with zero attached hydrogens (tertiary/aromatic N) is 3. The lowest BCUT2D eigenvalue weighted by molar-refractivity contribution is 0.0939. The highest BCUT2D eigenvalue weighted by molar-refractivity contribution is 9.10. The van der Waals surface area contributed by atoms with Crippen molar-refractivity contribution in [1.29, 1.82) is 0 Å². The van der Waals surface area contributed by atoms with Gasteiger partial charge in [-0.05, 0) is 58.7 Å². The van der Waals surface area contributed by atoms with Crippen LogP contribution < -0.4 is 10.5 Å². The van der Waals surface area contributed by atoms with E-state index in [2.05, 4.69) is 31.3 Å². The molecule has 1 amide bonds. The number of sulfonamides is 1. The minimum absolute atomic E-state index is 0.124. The van der Waals surface area contributed by atoms with E-state index < -0.39 is 15.9 Å². The van der Waals surface area contributed by atoms with Gasteiger partial charge < -0.3 is 5.32 Å². The van der Waals surface area contributed by atoms with E-state index in [9.17, 15) is 13.2 Å². The molecule has 3 rings (SSSR count). The lowest BCUT2D eigenvalue weighted by Gasteiger charge is -2.16. The summed E-state index contributed by atoms with van der Waals surface area (Å²) >= 11 is 3.26. The van der Waals surface area contributed by atoms with E-state index in [1.165, 1.54) is 24.5 Å². The van der Waals surface area contributed by atoms with Gasteiger partial charge in [-0.1, -0.05) is 12.1 Å². The van der Waals surface area contributed by atoms with Crippen LogP contribution in [-0.2, 0) is 10.0 Å². The number of nitrogens with one attached hydrogen (secondary N) is 1. The number of halogens is 1. The maximum absolute atomic E-state index is 12.6. The molecule has 27 heavy (non-hydrogen) atoms. The number of carbonyl (C=O) groups excluding carboxylic acids is 1. The molecule has 0 saturated carbocycles. The highest BCUT2D eigenvalue weighted by Crippen LogP contribution is 2.22. The van der Waals surface area contributed by atoms with Crippen LogP contribution in [0.4, 0.5) is 0 Å². The van der Waals surface area contributed by atoms with Crippen molar-refractivity contribution in [3.8, 4) is 5.69 Å². The Morgan fingerprint density at radius 3 is 2.52 bits per heavy atom. The van der Waals surface area contributed by atoms with Gasteiger partial charge in [-0.2, -0.15) is 5.10 Å². The predicted octanol–water partition coefficient (Wildman–Crippen LogP) is 2.17. The van der Waals surface area contributed by atoms with Crippen molar-refractivity contribution >= 4 is 31.9 Å². The average Bonchev–Trinajstić information content (AvgIpc) is 3.15. The lowest BCUT2D eigenvalue weighted by atomic mass is 10.1. The number of carbonyl (C=O) groups is 1. The van der Waals surface area contributed by atoms with Crippen molar-refractivity contribution in [3.63, 3.8) is 0 Å². The Morgan fingerprint density at radius 1 is 1.22 bits per heavy atom. The molecule has 0 spiro atoms. The van der Waals surface area contributed by atoms with Crippen molar-refractivity contribution in [1.82, 2.24) is 20.1 Å².